The lowest BCUT2D eigenvalue weighted by molar-refractivity contribution is -0.890. The molecule has 0 spiro atoms. The van der Waals surface area contributed by atoms with E-state index >= 15 is 0 Å². The smallest absolute Gasteiger partial charge is 0.0782 e. The van der Waals surface area contributed by atoms with E-state index in [2.05, 4.69) is 34.9 Å². The standard InChI is InChI=1S/C20H44N.ClH/c1-6-8-9-10-12-15-18-21(4,5)19-16-13-11-14-17-20(3)7-2;/h20H,6-19H2,1-5H3;1H/q+1;/p-1. The van der Waals surface area contributed by atoms with Gasteiger partial charge in [-0.1, -0.05) is 72.1 Å². The number of quaternary nitrogens is 1. The lowest BCUT2D eigenvalue weighted by Gasteiger charge is -2.30. The number of nitrogens with zero attached hydrogens (tertiary/aromatic N) is 1. The summed E-state index contributed by atoms with van der Waals surface area (Å²) in [6.45, 7) is 9.74. The molecular weight excluding hydrogens is 290 g/mol. The molecule has 0 saturated heterocycles. The number of halogens is 1. The zero-order valence-corrected chi connectivity index (χ0v) is 17.1. The monoisotopic (exact) mass is 333 g/mol. The predicted molar refractivity (Wildman–Crippen MR) is 97.8 cm³/mol. The summed E-state index contributed by atoms with van der Waals surface area (Å²) in [6.07, 6.45) is 17.1. The molecule has 0 aromatic heterocycles. The van der Waals surface area contributed by atoms with Gasteiger partial charge in [0.2, 0.25) is 0 Å². The third kappa shape index (κ3) is 16.6. The average molecular weight is 334 g/mol. The number of hydrogen-bond acceptors (Lipinski definition) is 0. The maximum atomic E-state index is 2.42. The Labute approximate surface area is 148 Å². The molecule has 22 heavy (non-hydrogen) atoms. The van der Waals surface area contributed by atoms with Gasteiger partial charge in [-0.05, 0) is 31.6 Å². The summed E-state index contributed by atoms with van der Waals surface area (Å²) in [5, 5.41) is 0. The Morgan fingerprint density at radius 1 is 0.682 bits per heavy atom. The second kappa shape index (κ2) is 16.1. The van der Waals surface area contributed by atoms with Crippen molar-refractivity contribution in [2.45, 2.75) is 97.8 Å². The van der Waals surface area contributed by atoms with Gasteiger partial charge in [-0.25, -0.2) is 0 Å². The summed E-state index contributed by atoms with van der Waals surface area (Å²) in [4.78, 5) is 0. The fourth-order valence-electron chi connectivity index (χ4n) is 3.02. The van der Waals surface area contributed by atoms with E-state index in [1.807, 2.05) is 0 Å². The normalized spacial score (nSPS) is 13.0. The zero-order valence-electron chi connectivity index (χ0n) is 16.3. The molecule has 0 radical (unpaired) electrons. The van der Waals surface area contributed by atoms with Crippen LogP contribution in [-0.2, 0) is 0 Å². The van der Waals surface area contributed by atoms with Gasteiger partial charge in [0.05, 0.1) is 27.2 Å². The van der Waals surface area contributed by atoms with Crippen molar-refractivity contribution in [2.24, 2.45) is 5.92 Å². The maximum absolute atomic E-state index is 2.42. The van der Waals surface area contributed by atoms with Crippen molar-refractivity contribution in [1.29, 1.82) is 0 Å². The van der Waals surface area contributed by atoms with Crippen LogP contribution in [-0.4, -0.2) is 31.7 Å². The van der Waals surface area contributed by atoms with Crippen LogP contribution in [0.4, 0.5) is 0 Å². The summed E-state index contributed by atoms with van der Waals surface area (Å²) in [5.41, 5.74) is 0. The van der Waals surface area contributed by atoms with Crippen LogP contribution in [0.1, 0.15) is 97.8 Å². The largest absolute Gasteiger partial charge is 1.00 e. The van der Waals surface area contributed by atoms with E-state index < -0.39 is 0 Å². The molecule has 0 bridgehead atoms. The number of unbranched alkanes of at least 4 members (excludes halogenated alkanes) is 8. The van der Waals surface area contributed by atoms with Crippen LogP contribution in [0, 0.1) is 5.92 Å². The molecule has 0 rings (SSSR count). The highest BCUT2D eigenvalue weighted by atomic mass is 35.5. The molecule has 0 aromatic rings. The van der Waals surface area contributed by atoms with Gasteiger partial charge in [-0.3, -0.25) is 0 Å². The van der Waals surface area contributed by atoms with E-state index in [0.717, 1.165) is 5.92 Å². The first-order chi connectivity index (χ1) is 10.0. The number of hydrogen-bond donors (Lipinski definition) is 0. The minimum Gasteiger partial charge on any atom is -1.00 e. The minimum atomic E-state index is 0. The molecule has 0 heterocycles. The van der Waals surface area contributed by atoms with Gasteiger partial charge in [-0.15, -0.1) is 0 Å². The highest BCUT2D eigenvalue weighted by molar-refractivity contribution is 4.51. The minimum absolute atomic E-state index is 0. The van der Waals surface area contributed by atoms with Crippen LogP contribution in [0.2, 0.25) is 0 Å². The highest BCUT2D eigenvalue weighted by Crippen LogP contribution is 2.14. The van der Waals surface area contributed by atoms with Crippen molar-refractivity contribution in [3.8, 4) is 0 Å². The SMILES string of the molecule is CCCCCCCC[N+](C)(C)CCCCCCC(C)CC.[Cl-]. The molecule has 1 unspecified atom stereocenters. The van der Waals surface area contributed by atoms with Gasteiger partial charge in [0.1, 0.15) is 0 Å². The fourth-order valence-corrected chi connectivity index (χ4v) is 3.02. The molecule has 136 valence electrons. The van der Waals surface area contributed by atoms with Crippen molar-refractivity contribution in [2.75, 3.05) is 27.2 Å². The molecule has 1 nitrogen and oxygen atoms in total. The van der Waals surface area contributed by atoms with Crippen molar-refractivity contribution in [3.63, 3.8) is 0 Å². The Bertz CT molecular complexity index is 216. The van der Waals surface area contributed by atoms with Gasteiger partial charge in [0, 0.05) is 0 Å². The molecule has 0 aromatic carbocycles. The summed E-state index contributed by atoms with van der Waals surface area (Å²) >= 11 is 0. The average Bonchev–Trinajstić information content (AvgIpc) is 2.46. The summed E-state index contributed by atoms with van der Waals surface area (Å²) in [6, 6.07) is 0. The highest BCUT2D eigenvalue weighted by Gasteiger charge is 2.13. The Balaban J connectivity index is 0. The van der Waals surface area contributed by atoms with Crippen LogP contribution < -0.4 is 12.4 Å². The van der Waals surface area contributed by atoms with E-state index in [1.54, 1.807) is 0 Å². The first-order valence-corrected chi connectivity index (χ1v) is 9.83. The molecule has 0 aliphatic rings. The van der Waals surface area contributed by atoms with Gasteiger partial charge < -0.3 is 16.9 Å². The van der Waals surface area contributed by atoms with Crippen LogP contribution in [0.3, 0.4) is 0 Å². The summed E-state index contributed by atoms with van der Waals surface area (Å²) < 4.78 is 1.24. The van der Waals surface area contributed by atoms with E-state index in [-0.39, 0.29) is 12.4 Å². The summed E-state index contributed by atoms with van der Waals surface area (Å²) in [5.74, 6) is 0.935. The van der Waals surface area contributed by atoms with E-state index in [4.69, 9.17) is 0 Å². The van der Waals surface area contributed by atoms with E-state index in [9.17, 15) is 0 Å². The van der Waals surface area contributed by atoms with Crippen LogP contribution in [0.15, 0.2) is 0 Å². The van der Waals surface area contributed by atoms with Gasteiger partial charge >= 0.3 is 0 Å². The molecule has 0 amide bonds. The quantitative estimate of drug-likeness (QED) is 0.318. The third-order valence-electron chi connectivity index (χ3n) is 5.02. The lowest BCUT2D eigenvalue weighted by Crippen LogP contribution is -3.00. The predicted octanol–water partition coefficient (Wildman–Crippen LogP) is 3.42. The Kier molecular flexibility index (Phi) is 18.0. The molecular formula is C20H44ClN. The van der Waals surface area contributed by atoms with Crippen LogP contribution in [0.5, 0.6) is 0 Å². The molecule has 0 saturated carbocycles. The zero-order chi connectivity index (χ0) is 16.0. The first kappa shape index (κ1) is 24.5. The topological polar surface area (TPSA) is 0 Å². The molecule has 1 atom stereocenters. The molecule has 0 fully saturated rings. The molecule has 0 aliphatic carbocycles. The van der Waals surface area contributed by atoms with Crippen molar-refractivity contribution in [1.82, 2.24) is 0 Å². The van der Waals surface area contributed by atoms with E-state index in [0.29, 0.717) is 0 Å². The van der Waals surface area contributed by atoms with Crippen LogP contribution >= 0.6 is 0 Å². The van der Waals surface area contributed by atoms with Gasteiger partial charge in [-0.2, -0.15) is 0 Å². The van der Waals surface area contributed by atoms with Crippen molar-refractivity contribution in [3.05, 3.63) is 0 Å². The van der Waals surface area contributed by atoms with Crippen LogP contribution in [0.25, 0.3) is 0 Å². The molecule has 0 aliphatic heterocycles. The van der Waals surface area contributed by atoms with Crippen molar-refractivity contribution >= 4 is 0 Å². The fraction of sp³-hybridized carbons (Fsp3) is 1.00. The first-order valence-electron chi connectivity index (χ1n) is 9.83. The lowest BCUT2D eigenvalue weighted by atomic mass is 10.0. The van der Waals surface area contributed by atoms with E-state index in [1.165, 1.54) is 94.6 Å². The molecule has 0 N–H and O–H groups in total. The van der Waals surface area contributed by atoms with Crippen molar-refractivity contribution < 1.29 is 16.9 Å². The molecule has 2 heteroatoms. The Morgan fingerprint density at radius 3 is 1.64 bits per heavy atom. The third-order valence-corrected chi connectivity index (χ3v) is 5.02. The Hall–Kier alpha value is 0.250. The van der Waals surface area contributed by atoms with Gasteiger partial charge in [0.15, 0.2) is 0 Å². The second-order valence-corrected chi connectivity index (χ2v) is 7.87. The summed E-state index contributed by atoms with van der Waals surface area (Å²) in [7, 11) is 4.84. The maximum Gasteiger partial charge on any atom is 0.0782 e. The number of rotatable bonds is 15. The second-order valence-electron chi connectivity index (χ2n) is 7.87. The van der Waals surface area contributed by atoms with Gasteiger partial charge in [0.25, 0.3) is 0 Å². The Morgan fingerprint density at radius 2 is 1.14 bits per heavy atom.